The molecular formula is C11H13BrN2O2. The van der Waals surface area contributed by atoms with Crippen molar-refractivity contribution in [2.24, 2.45) is 0 Å². The summed E-state index contributed by atoms with van der Waals surface area (Å²) < 4.78 is 0. The number of aromatic amines is 1. The van der Waals surface area contributed by atoms with Crippen LogP contribution < -0.4 is 5.56 Å². The molecule has 0 unspecified atom stereocenters. The number of halogens is 1. The van der Waals surface area contributed by atoms with Crippen LogP contribution >= 0.6 is 15.9 Å². The molecule has 0 atom stereocenters. The highest BCUT2D eigenvalue weighted by molar-refractivity contribution is 9.09. The number of H-pyrrole nitrogens is 1. The number of nitrogens with zero attached hydrogens (tertiary/aromatic N) is 1. The topological polar surface area (TPSA) is 53.2 Å². The summed E-state index contributed by atoms with van der Waals surface area (Å²) in [5.74, 6) is -0.00167. The lowest BCUT2D eigenvalue weighted by Gasteiger charge is -2.21. The zero-order chi connectivity index (χ0) is 11.5. The van der Waals surface area contributed by atoms with Crippen LogP contribution in [-0.4, -0.2) is 33.7 Å². The van der Waals surface area contributed by atoms with Crippen LogP contribution in [0.25, 0.3) is 0 Å². The van der Waals surface area contributed by atoms with Gasteiger partial charge in [-0.25, -0.2) is 0 Å². The van der Waals surface area contributed by atoms with Crippen LogP contribution in [0, 0.1) is 0 Å². The quantitative estimate of drug-likeness (QED) is 0.850. The second-order valence-corrected chi connectivity index (χ2v) is 4.65. The van der Waals surface area contributed by atoms with Crippen molar-refractivity contribution in [1.82, 2.24) is 9.88 Å². The third kappa shape index (κ3) is 2.52. The number of hydrogen-bond acceptors (Lipinski definition) is 2. The Kier molecular flexibility index (Phi) is 3.43. The number of rotatable bonds is 4. The number of aromatic nitrogens is 1. The van der Waals surface area contributed by atoms with E-state index in [1.807, 2.05) is 4.90 Å². The summed E-state index contributed by atoms with van der Waals surface area (Å²) in [7, 11) is 0. The predicted molar refractivity (Wildman–Crippen MR) is 64.9 cm³/mol. The average molecular weight is 285 g/mol. The Labute approximate surface area is 102 Å². The molecule has 1 aliphatic rings. The molecule has 1 fully saturated rings. The van der Waals surface area contributed by atoms with Crippen molar-refractivity contribution in [2.45, 2.75) is 18.9 Å². The van der Waals surface area contributed by atoms with Gasteiger partial charge >= 0.3 is 0 Å². The van der Waals surface area contributed by atoms with E-state index < -0.39 is 0 Å². The van der Waals surface area contributed by atoms with Gasteiger partial charge in [-0.2, -0.15) is 0 Å². The molecule has 0 radical (unpaired) electrons. The summed E-state index contributed by atoms with van der Waals surface area (Å²) in [4.78, 5) is 27.4. The molecule has 0 aromatic carbocycles. The lowest BCUT2D eigenvalue weighted by Crippen LogP contribution is -2.35. The Morgan fingerprint density at radius 1 is 1.50 bits per heavy atom. The third-order valence-corrected chi connectivity index (χ3v) is 2.96. The molecule has 1 saturated carbocycles. The van der Waals surface area contributed by atoms with Crippen LogP contribution in [0.15, 0.2) is 23.1 Å². The number of hydrogen-bond donors (Lipinski definition) is 1. The number of carbonyl (C=O) groups is 1. The second kappa shape index (κ2) is 4.82. The molecule has 0 bridgehead atoms. The largest absolute Gasteiger partial charge is 0.335 e. The average Bonchev–Trinajstić information content (AvgIpc) is 3.10. The highest BCUT2D eigenvalue weighted by atomic mass is 79.9. The smallest absolute Gasteiger partial charge is 0.255 e. The van der Waals surface area contributed by atoms with Crippen molar-refractivity contribution < 1.29 is 4.79 Å². The normalized spacial score (nSPS) is 14.8. The first-order valence-corrected chi connectivity index (χ1v) is 6.40. The van der Waals surface area contributed by atoms with E-state index >= 15 is 0 Å². The molecule has 0 spiro atoms. The summed E-state index contributed by atoms with van der Waals surface area (Å²) in [6.45, 7) is 0.711. The molecule has 1 aromatic rings. The van der Waals surface area contributed by atoms with Crippen molar-refractivity contribution in [1.29, 1.82) is 0 Å². The zero-order valence-corrected chi connectivity index (χ0v) is 10.4. The fourth-order valence-electron chi connectivity index (χ4n) is 1.64. The summed E-state index contributed by atoms with van der Waals surface area (Å²) in [6.07, 6.45) is 3.65. The van der Waals surface area contributed by atoms with Gasteiger partial charge in [-0.1, -0.05) is 15.9 Å². The number of nitrogens with one attached hydrogen (secondary N) is 1. The zero-order valence-electron chi connectivity index (χ0n) is 8.78. The highest BCUT2D eigenvalue weighted by Crippen LogP contribution is 2.27. The van der Waals surface area contributed by atoms with Gasteiger partial charge in [0.05, 0.1) is 5.56 Å². The highest BCUT2D eigenvalue weighted by Gasteiger charge is 2.32. The van der Waals surface area contributed by atoms with E-state index in [0.717, 1.165) is 18.2 Å². The molecule has 1 aromatic heterocycles. The molecular weight excluding hydrogens is 272 g/mol. The van der Waals surface area contributed by atoms with Crippen molar-refractivity contribution >= 4 is 21.8 Å². The van der Waals surface area contributed by atoms with E-state index in [1.54, 1.807) is 6.07 Å². The molecule has 16 heavy (non-hydrogen) atoms. The fourth-order valence-corrected chi connectivity index (χ4v) is 2.02. The van der Waals surface area contributed by atoms with Gasteiger partial charge in [-0.05, 0) is 18.9 Å². The number of amides is 1. The van der Waals surface area contributed by atoms with Gasteiger partial charge in [-0.3, -0.25) is 9.59 Å². The monoisotopic (exact) mass is 284 g/mol. The first kappa shape index (κ1) is 11.4. The number of carbonyl (C=O) groups excluding carboxylic acids is 1. The Hall–Kier alpha value is -1.10. The van der Waals surface area contributed by atoms with Gasteiger partial charge in [0, 0.05) is 30.2 Å². The standard InChI is InChI=1S/C11H13BrN2O2/c12-5-6-14(9-2-3-9)11(16)8-1-4-10(15)13-7-8/h1,4,7,9H,2-3,5-6H2,(H,13,15). The van der Waals surface area contributed by atoms with Crippen molar-refractivity contribution in [2.75, 3.05) is 11.9 Å². The fraction of sp³-hybridized carbons (Fsp3) is 0.455. The molecule has 1 aliphatic carbocycles. The van der Waals surface area contributed by atoms with E-state index in [9.17, 15) is 9.59 Å². The first-order chi connectivity index (χ1) is 7.72. The molecule has 2 rings (SSSR count). The first-order valence-electron chi connectivity index (χ1n) is 5.28. The van der Waals surface area contributed by atoms with Crippen molar-refractivity contribution in [3.8, 4) is 0 Å². The minimum absolute atomic E-state index is 0.00167. The molecule has 1 amide bonds. The van der Waals surface area contributed by atoms with E-state index in [0.29, 0.717) is 18.2 Å². The molecule has 86 valence electrons. The summed E-state index contributed by atoms with van der Waals surface area (Å²) in [5.41, 5.74) is 0.363. The minimum atomic E-state index is -0.185. The molecule has 0 aliphatic heterocycles. The van der Waals surface area contributed by atoms with E-state index in [4.69, 9.17) is 0 Å². The van der Waals surface area contributed by atoms with Gasteiger partial charge in [0.1, 0.15) is 0 Å². The third-order valence-electron chi connectivity index (χ3n) is 2.61. The summed E-state index contributed by atoms with van der Waals surface area (Å²) >= 11 is 3.35. The number of alkyl halides is 1. The van der Waals surface area contributed by atoms with Crippen LogP contribution in [0.5, 0.6) is 0 Å². The Morgan fingerprint density at radius 3 is 2.75 bits per heavy atom. The SMILES string of the molecule is O=C(c1ccc(=O)[nH]c1)N(CCBr)C1CC1. The van der Waals surface area contributed by atoms with Crippen LogP contribution in [0.3, 0.4) is 0 Å². The van der Waals surface area contributed by atoms with Gasteiger partial charge in [-0.15, -0.1) is 0 Å². The molecule has 5 heteroatoms. The van der Waals surface area contributed by atoms with Crippen molar-refractivity contribution in [3.63, 3.8) is 0 Å². The Balaban J connectivity index is 2.15. The van der Waals surface area contributed by atoms with Crippen LogP contribution in [0.1, 0.15) is 23.2 Å². The van der Waals surface area contributed by atoms with E-state index in [-0.39, 0.29) is 11.5 Å². The van der Waals surface area contributed by atoms with Gasteiger partial charge in [0.2, 0.25) is 5.56 Å². The molecule has 0 saturated heterocycles. The maximum atomic E-state index is 12.1. The van der Waals surface area contributed by atoms with Gasteiger partial charge in [0.15, 0.2) is 0 Å². The molecule has 1 N–H and O–H groups in total. The van der Waals surface area contributed by atoms with Crippen LogP contribution in [0.4, 0.5) is 0 Å². The lowest BCUT2D eigenvalue weighted by atomic mass is 10.2. The maximum Gasteiger partial charge on any atom is 0.255 e. The lowest BCUT2D eigenvalue weighted by molar-refractivity contribution is 0.0754. The minimum Gasteiger partial charge on any atom is -0.335 e. The number of pyridine rings is 1. The van der Waals surface area contributed by atoms with Crippen LogP contribution in [0.2, 0.25) is 0 Å². The van der Waals surface area contributed by atoms with Crippen molar-refractivity contribution in [3.05, 3.63) is 34.2 Å². The molecule has 1 heterocycles. The Morgan fingerprint density at radius 2 is 2.25 bits per heavy atom. The van der Waals surface area contributed by atoms with Crippen LogP contribution in [-0.2, 0) is 0 Å². The summed E-state index contributed by atoms with van der Waals surface area (Å²) in [6, 6.07) is 3.34. The van der Waals surface area contributed by atoms with E-state index in [1.165, 1.54) is 12.3 Å². The predicted octanol–water partition coefficient (Wildman–Crippen LogP) is 1.37. The molecule has 4 nitrogen and oxygen atoms in total. The van der Waals surface area contributed by atoms with Gasteiger partial charge in [0.25, 0.3) is 5.91 Å². The Bertz CT molecular complexity index is 419. The summed E-state index contributed by atoms with van der Waals surface area (Å²) in [5, 5.41) is 0.776. The maximum absolute atomic E-state index is 12.1. The van der Waals surface area contributed by atoms with E-state index in [2.05, 4.69) is 20.9 Å². The van der Waals surface area contributed by atoms with Gasteiger partial charge < -0.3 is 9.88 Å². The second-order valence-electron chi connectivity index (χ2n) is 3.86.